The molecular formula is C26H33F3N4O4. The number of benzene rings is 2. The van der Waals surface area contributed by atoms with Gasteiger partial charge in [0.05, 0.1) is 44.0 Å². The third-order valence-corrected chi connectivity index (χ3v) is 6.27. The van der Waals surface area contributed by atoms with E-state index in [9.17, 15) is 18.3 Å². The highest BCUT2D eigenvalue weighted by atomic mass is 19.4. The number of hydrogen-bond donors (Lipinski definition) is 1. The lowest BCUT2D eigenvalue weighted by molar-refractivity contribution is -0.147. The normalized spacial score (nSPS) is 15.9. The average molecular weight is 523 g/mol. The number of fused-ring (bicyclic) bond motifs is 1. The Balaban J connectivity index is 1.34. The first-order valence-electron chi connectivity index (χ1n) is 12.2. The van der Waals surface area contributed by atoms with Gasteiger partial charge in [-0.05, 0) is 36.9 Å². The number of methoxy groups -OCH3 is 1. The standard InChI is InChI=1S/C26H33F3N4O4/c1-31(17-20(34)18-33-22-6-4-3-5-21(22)30-25(33)26(27,28)29)16-19-7-8-23(24(15-19)35-2)37-14-11-32-9-12-36-13-10-32/h3-8,15,20,34H,9-14,16-18H2,1-2H3/t20-/m1/s1. The van der Waals surface area contributed by atoms with E-state index in [2.05, 4.69) is 9.88 Å². The molecule has 202 valence electrons. The Morgan fingerprint density at radius 1 is 1.14 bits per heavy atom. The molecule has 1 N–H and O–H groups in total. The molecule has 1 aromatic heterocycles. The highest BCUT2D eigenvalue weighted by Crippen LogP contribution is 2.32. The molecule has 0 radical (unpaired) electrons. The molecule has 1 fully saturated rings. The van der Waals surface area contributed by atoms with Gasteiger partial charge in [-0.2, -0.15) is 13.2 Å². The highest BCUT2D eigenvalue weighted by Gasteiger charge is 2.38. The second-order valence-corrected chi connectivity index (χ2v) is 9.17. The zero-order valence-electron chi connectivity index (χ0n) is 21.1. The van der Waals surface area contributed by atoms with Crippen molar-refractivity contribution in [3.8, 4) is 11.5 Å². The Bertz CT molecular complexity index is 1160. The topological polar surface area (TPSA) is 72.2 Å². The van der Waals surface area contributed by atoms with Crippen LogP contribution in [-0.4, -0.2) is 90.7 Å². The number of aliphatic hydroxyl groups is 1. The summed E-state index contributed by atoms with van der Waals surface area (Å²) in [4.78, 5) is 7.88. The van der Waals surface area contributed by atoms with Crippen molar-refractivity contribution >= 4 is 11.0 Å². The number of nitrogens with zero attached hydrogens (tertiary/aromatic N) is 4. The van der Waals surface area contributed by atoms with Crippen LogP contribution in [0, 0.1) is 0 Å². The van der Waals surface area contributed by atoms with Crippen molar-refractivity contribution < 1.29 is 32.5 Å². The molecule has 2 heterocycles. The van der Waals surface area contributed by atoms with Crippen molar-refractivity contribution in [1.82, 2.24) is 19.4 Å². The van der Waals surface area contributed by atoms with Gasteiger partial charge in [-0.25, -0.2) is 4.98 Å². The lowest BCUT2D eigenvalue weighted by Gasteiger charge is -2.26. The Hall–Kier alpha value is -2.86. The predicted octanol–water partition coefficient (Wildman–Crippen LogP) is 3.27. The quantitative estimate of drug-likeness (QED) is 0.415. The maximum Gasteiger partial charge on any atom is 0.449 e. The summed E-state index contributed by atoms with van der Waals surface area (Å²) in [7, 11) is 3.38. The molecule has 2 aromatic carbocycles. The predicted molar refractivity (Wildman–Crippen MR) is 133 cm³/mol. The number of ether oxygens (including phenoxy) is 3. The van der Waals surface area contributed by atoms with E-state index in [1.165, 1.54) is 6.07 Å². The second kappa shape index (κ2) is 12.1. The fraction of sp³-hybridized carbons (Fsp3) is 0.500. The van der Waals surface area contributed by atoms with Crippen molar-refractivity contribution in [3.05, 3.63) is 53.9 Å². The van der Waals surface area contributed by atoms with Crippen LogP contribution in [-0.2, 0) is 24.0 Å². The van der Waals surface area contributed by atoms with Gasteiger partial charge in [0.15, 0.2) is 11.5 Å². The number of hydrogen-bond acceptors (Lipinski definition) is 7. The van der Waals surface area contributed by atoms with Gasteiger partial charge in [0, 0.05) is 32.7 Å². The molecule has 8 nitrogen and oxygen atoms in total. The minimum atomic E-state index is -4.62. The summed E-state index contributed by atoms with van der Waals surface area (Å²) in [5.74, 6) is 0.242. The zero-order valence-corrected chi connectivity index (χ0v) is 21.1. The molecule has 0 amide bonds. The smallest absolute Gasteiger partial charge is 0.449 e. The first kappa shape index (κ1) is 27.2. The van der Waals surface area contributed by atoms with Gasteiger partial charge >= 0.3 is 6.18 Å². The summed E-state index contributed by atoms with van der Waals surface area (Å²) in [6, 6.07) is 12.0. The van der Waals surface area contributed by atoms with E-state index in [0.29, 0.717) is 30.2 Å². The van der Waals surface area contributed by atoms with E-state index in [0.717, 1.165) is 43.0 Å². The minimum absolute atomic E-state index is 0.171. The van der Waals surface area contributed by atoms with Crippen LogP contribution in [0.4, 0.5) is 13.2 Å². The molecule has 11 heteroatoms. The Morgan fingerprint density at radius 2 is 1.89 bits per heavy atom. The number of aliphatic hydroxyl groups excluding tert-OH is 1. The number of halogens is 3. The van der Waals surface area contributed by atoms with Gasteiger partial charge in [0.1, 0.15) is 6.61 Å². The third-order valence-electron chi connectivity index (χ3n) is 6.27. The average Bonchev–Trinajstić information content (AvgIpc) is 3.24. The van der Waals surface area contributed by atoms with Crippen LogP contribution in [0.5, 0.6) is 11.5 Å². The fourth-order valence-corrected chi connectivity index (χ4v) is 4.52. The Kier molecular flexibility index (Phi) is 8.91. The summed E-state index contributed by atoms with van der Waals surface area (Å²) in [6.45, 7) is 5.02. The first-order chi connectivity index (χ1) is 17.7. The van der Waals surface area contributed by atoms with Crippen molar-refractivity contribution in [1.29, 1.82) is 0 Å². The lowest BCUT2D eigenvalue weighted by Crippen LogP contribution is -2.38. The molecule has 0 unspecified atom stereocenters. The first-order valence-corrected chi connectivity index (χ1v) is 12.2. The van der Waals surface area contributed by atoms with Gasteiger partial charge in [0.2, 0.25) is 5.82 Å². The van der Waals surface area contributed by atoms with E-state index < -0.39 is 18.1 Å². The highest BCUT2D eigenvalue weighted by molar-refractivity contribution is 5.76. The third kappa shape index (κ3) is 7.13. The van der Waals surface area contributed by atoms with Crippen LogP contribution < -0.4 is 9.47 Å². The van der Waals surface area contributed by atoms with Crippen molar-refractivity contribution in [2.75, 3.05) is 60.2 Å². The summed E-state index contributed by atoms with van der Waals surface area (Å²) in [6.07, 6.45) is -5.65. The number of likely N-dealkylation sites (N-methyl/N-ethyl adjacent to an activating group) is 1. The molecule has 1 aliphatic heterocycles. The molecule has 0 bridgehead atoms. The molecule has 0 saturated carbocycles. The van der Waals surface area contributed by atoms with Crippen molar-refractivity contribution in [2.24, 2.45) is 0 Å². The molecule has 3 aromatic rings. The maximum absolute atomic E-state index is 13.6. The Morgan fingerprint density at radius 3 is 2.62 bits per heavy atom. The van der Waals surface area contributed by atoms with Gasteiger partial charge in [-0.1, -0.05) is 18.2 Å². The van der Waals surface area contributed by atoms with Gasteiger partial charge in [-0.3, -0.25) is 9.80 Å². The summed E-state index contributed by atoms with van der Waals surface area (Å²) < 4.78 is 58.5. The van der Waals surface area contributed by atoms with Crippen molar-refractivity contribution in [2.45, 2.75) is 25.4 Å². The maximum atomic E-state index is 13.6. The van der Waals surface area contributed by atoms with Gasteiger partial charge in [-0.15, -0.1) is 0 Å². The number of morpholine rings is 1. The largest absolute Gasteiger partial charge is 0.493 e. The summed E-state index contributed by atoms with van der Waals surface area (Å²) >= 11 is 0. The molecule has 1 saturated heterocycles. The fourth-order valence-electron chi connectivity index (χ4n) is 4.52. The number of aromatic nitrogens is 2. The molecule has 1 atom stereocenters. The minimum Gasteiger partial charge on any atom is -0.493 e. The summed E-state index contributed by atoms with van der Waals surface area (Å²) in [5, 5.41) is 10.7. The van der Waals surface area contributed by atoms with Crippen LogP contribution in [0.3, 0.4) is 0 Å². The number of para-hydroxylation sites is 2. The van der Waals surface area contributed by atoms with E-state index >= 15 is 0 Å². The molecule has 37 heavy (non-hydrogen) atoms. The second-order valence-electron chi connectivity index (χ2n) is 9.17. The molecule has 0 aliphatic carbocycles. The monoisotopic (exact) mass is 522 g/mol. The van der Waals surface area contributed by atoms with Crippen LogP contribution in [0.25, 0.3) is 11.0 Å². The van der Waals surface area contributed by atoms with E-state index in [-0.39, 0.29) is 18.6 Å². The SMILES string of the molecule is COc1cc(CN(C)C[C@@H](O)Cn2c(C(F)(F)F)nc3ccccc32)ccc1OCCN1CCOCC1. The van der Waals surface area contributed by atoms with E-state index in [1.54, 1.807) is 32.4 Å². The van der Waals surface area contributed by atoms with Crippen LogP contribution in [0.1, 0.15) is 11.4 Å². The molecule has 1 aliphatic rings. The number of imidazole rings is 1. The number of rotatable bonds is 11. The van der Waals surface area contributed by atoms with Gasteiger partial charge in [0.25, 0.3) is 0 Å². The number of alkyl halides is 3. The van der Waals surface area contributed by atoms with Crippen molar-refractivity contribution in [3.63, 3.8) is 0 Å². The zero-order chi connectivity index (χ0) is 26.4. The van der Waals surface area contributed by atoms with Crippen LogP contribution >= 0.6 is 0 Å². The lowest BCUT2D eigenvalue weighted by atomic mass is 10.2. The van der Waals surface area contributed by atoms with E-state index in [4.69, 9.17) is 14.2 Å². The molecule has 0 spiro atoms. The summed E-state index contributed by atoms with van der Waals surface area (Å²) in [5.41, 5.74) is 1.51. The van der Waals surface area contributed by atoms with Crippen LogP contribution in [0.15, 0.2) is 42.5 Å². The van der Waals surface area contributed by atoms with Crippen LogP contribution in [0.2, 0.25) is 0 Å². The Labute approximate surface area is 214 Å². The van der Waals surface area contributed by atoms with E-state index in [1.807, 2.05) is 23.1 Å². The molecular weight excluding hydrogens is 489 g/mol. The van der Waals surface area contributed by atoms with Gasteiger partial charge < -0.3 is 23.9 Å². The molecule has 4 rings (SSSR count).